The lowest BCUT2D eigenvalue weighted by Gasteiger charge is -2.40. The molecule has 1 aromatic carbocycles. The Labute approximate surface area is 161 Å². The van der Waals surface area contributed by atoms with Gasteiger partial charge in [-0.05, 0) is 35.1 Å². The van der Waals surface area contributed by atoms with E-state index in [0.29, 0.717) is 3.57 Å². The molecule has 10 heteroatoms. The average Bonchev–Trinajstić information content (AvgIpc) is 2.55. The molecule has 1 aliphatic heterocycles. The first-order valence-corrected chi connectivity index (χ1v) is 8.84. The molecule has 2 amide bonds. The second-order valence-corrected chi connectivity index (χ2v) is 7.11. The number of carbonyl (C=O) groups is 2. The van der Waals surface area contributed by atoms with Gasteiger partial charge in [0.15, 0.2) is 5.82 Å². The number of carboxylic acid groups (broad SMARTS) is 1. The van der Waals surface area contributed by atoms with E-state index in [9.17, 15) is 19.1 Å². The fourth-order valence-electron chi connectivity index (χ4n) is 2.58. The van der Waals surface area contributed by atoms with E-state index in [0.717, 1.165) is 4.90 Å². The molecule has 0 aromatic heterocycles. The van der Waals surface area contributed by atoms with E-state index < -0.39 is 23.9 Å². The first-order valence-electron chi connectivity index (χ1n) is 7.00. The molecule has 1 saturated heterocycles. The van der Waals surface area contributed by atoms with Crippen molar-refractivity contribution in [2.75, 3.05) is 26.2 Å². The Hall–Kier alpha value is -0.840. The SMILES string of the molecule is O=C(O)N1CCN(C(=O)c2cc(Cl)c(I)c(Cl)c2F)[C@@H](CCO)C1. The smallest absolute Gasteiger partial charge is 0.407 e. The minimum Gasteiger partial charge on any atom is -0.465 e. The van der Waals surface area contributed by atoms with Crippen LogP contribution in [0.25, 0.3) is 0 Å². The Bertz CT molecular complexity index is 677. The number of hydrogen-bond donors (Lipinski definition) is 2. The number of nitrogens with zero attached hydrogens (tertiary/aromatic N) is 2. The summed E-state index contributed by atoms with van der Waals surface area (Å²) in [7, 11) is 0. The molecule has 1 fully saturated rings. The molecule has 0 radical (unpaired) electrons. The van der Waals surface area contributed by atoms with Crippen molar-refractivity contribution in [2.24, 2.45) is 0 Å². The highest BCUT2D eigenvalue weighted by atomic mass is 127. The number of rotatable bonds is 3. The Morgan fingerprint density at radius 2 is 2.04 bits per heavy atom. The minimum absolute atomic E-state index is 0.0507. The van der Waals surface area contributed by atoms with Crippen molar-refractivity contribution in [1.82, 2.24) is 9.80 Å². The maximum Gasteiger partial charge on any atom is 0.407 e. The Kier molecular flexibility index (Phi) is 6.52. The predicted octanol–water partition coefficient (Wildman–Crippen LogP) is 2.92. The molecule has 132 valence electrons. The average molecular weight is 491 g/mol. The molecule has 1 aromatic rings. The first kappa shape index (κ1) is 19.5. The van der Waals surface area contributed by atoms with Gasteiger partial charge in [0.25, 0.3) is 5.91 Å². The summed E-state index contributed by atoms with van der Waals surface area (Å²) in [6, 6.07) is 0.662. The van der Waals surface area contributed by atoms with Crippen LogP contribution in [0.4, 0.5) is 9.18 Å². The maximum atomic E-state index is 14.4. The van der Waals surface area contributed by atoms with Crippen LogP contribution in [0.1, 0.15) is 16.8 Å². The molecule has 2 N–H and O–H groups in total. The van der Waals surface area contributed by atoms with Gasteiger partial charge in [0.1, 0.15) is 0 Å². The molecule has 2 rings (SSSR count). The highest BCUT2D eigenvalue weighted by Gasteiger charge is 2.34. The van der Waals surface area contributed by atoms with Crippen LogP contribution in [0.15, 0.2) is 6.07 Å². The third-order valence-electron chi connectivity index (χ3n) is 3.81. The molecule has 1 aliphatic rings. The van der Waals surface area contributed by atoms with Crippen LogP contribution in [0, 0.1) is 9.39 Å². The standard InChI is InChI=1S/C14H14Cl2FIN2O4/c15-9-5-8(11(17)10(16)12(9)18)13(22)20-3-2-19(14(23)24)6-7(20)1-4-21/h5,7,21H,1-4,6H2,(H,23,24)/t7-/m0/s1. The lowest BCUT2D eigenvalue weighted by Crippen LogP contribution is -2.56. The van der Waals surface area contributed by atoms with Gasteiger partial charge in [-0.15, -0.1) is 0 Å². The summed E-state index contributed by atoms with van der Waals surface area (Å²) in [5.74, 6) is -1.49. The fraction of sp³-hybridized carbons (Fsp3) is 0.429. The normalized spacial score (nSPS) is 18.0. The predicted molar refractivity (Wildman–Crippen MR) is 95.3 cm³/mol. The van der Waals surface area contributed by atoms with Gasteiger partial charge < -0.3 is 20.0 Å². The zero-order valence-electron chi connectivity index (χ0n) is 12.3. The molecule has 1 heterocycles. The van der Waals surface area contributed by atoms with Gasteiger partial charge in [0.2, 0.25) is 0 Å². The number of aliphatic hydroxyl groups excluding tert-OH is 1. The van der Waals surface area contributed by atoms with Gasteiger partial charge in [-0.25, -0.2) is 9.18 Å². The van der Waals surface area contributed by atoms with Crippen molar-refractivity contribution >= 4 is 57.8 Å². The van der Waals surface area contributed by atoms with Crippen LogP contribution in [-0.2, 0) is 0 Å². The summed E-state index contributed by atoms with van der Waals surface area (Å²) in [5.41, 5.74) is -0.267. The summed E-state index contributed by atoms with van der Waals surface area (Å²) < 4.78 is 14.7. The van der Waals surface area contributed by atoms with Gasteiger partial charge in [0.05, 0.1) is 25.2 Å². The van der Waals surface area contributed by atoms with E-state index >= 15 is 0 Å². The zero-order valence-corrected chi connectivity index (χ0v) is 16.0. The van der Waals surface area contributed by atoms with Gasteiger partial charge in [-0.3, -0.25) is 4.79 Å². The van der Waals surface area contributed by atoms with E-state index in [2.05, 4.69) is 0 Å². The minimum atomic E-state index is -1.10. The van der Waals surface area contributed by atoms with Crippen molar-refractivity contribution in [3.05, 3.63) is 31.1 Å². The zero-order chi connectivity index (χ0) is 18.0. The molecule has 0 unspecified atom stereocenters. The number of hydrogen-bond acceptors (Lipinski definition) is 3. The number of benzene rings is 1. The van der Waals surface area contributed by atoms with Crippen LogP contribution in [0.5, 0.6) is 0 Å². The first-order chi connectivity index (χ1) is 11.3. The molecule has 0 spiro atoms. The molecule has 0 aliphatic carbocycles. The number of piperazine rings is 1. The third kappa shape index (κ3) is 3.87. The van der Waals surface area contributed by atoms with E-state index in [4.69, 9.17) is 28.3 Å². The second kappa shape index (κ2) is 8.03. The molecule has 6 nitrogen and oxygen atoms in total. The van der Waals surface area contributed by atoms with Gasteiger partial charge in [-0.2, -0.15) is 0 Å². The topological polar surface area (TPSA) is 81.1 Å². The van der Waals surface area contributed by atoms with Crippen LogP contribution >= 0.6 is 45.8 Å². The summed E-state index contributed by atoms with van der Waals surface area (Å²) >= 11 is 13.6. The highest BCUT2D eigenvalue weighted by Crippen LogP contribution is 2.32. The fourth-order valence-corrected chi connectivity index (χ4v) is 3.42. The largest absolute Gasteiger partial charge is 0.465 e. The molecule has 1 atom stereocenters. The van der Waals surface area contributed by atoms with E-state index in [1.165, 1.54) is 11.0 Å². The Balaban J connectivity index is 2.33. The van der Waals surface area contributed by atoms with Crippen LogP contribution in [-0.4, -0.2) is 64.3 Å². The van der Waals surface area contributed by atoms with E-state index in [-0.39, 0.29) is 48.3 Å². The summed E-state index contributed by atoms with van der Waals surface area (Å²) in [5, 5.41) is 18.2. The van der Waals surface area contributed by atoms with Crippen molar-refractivity contribution in [3.8, 4) is 0 Å². The highest BCUT2D eigenvalue weighted by molar-refractivity contribution is 14.1. The summed E-state index contributed by atoms with van der Waals surface area (Å²) in [4.78, 5) is 26.3. The molecule has 24 heavy (non-hydrogen) atoms. The molecular weight excluding hydrogens is 477 g/mol. The quantitative estimate of drug-likeness (QED) is 0.388. The van der Waals surface area contributed by atoms with Gasteiger partial charge >= 0.3 is 6.09 Å². The van der Waals surface area contributed by atoms with Gasteiger partial charge in [-0.1, -0.05) is 23.2 Å². The van der Waals surface area contributed by atoms with Crippen molar-refractivity contribution < 1.29 is 24.2 Å². The lowest BCUT2D eigenvalue weighted by molar-refractivity contribution is 0.0394. The number of halogens is 4. The number of carbonyl (C=O) groups excluding carboxylic acids is 1. The number of aliphatic hydroxyl groups is 1. The summed E-state index contributed by atoms with van der Waals surface area (Å²) in [6.45, 7) is 0.0284. The Morgan fingerprint density at radius 3 is 2.62 bits per heavy atom. The monoisotopic (exact) mass is 490 g/mol. The molecule has 0 bridgehead atoms. The van der Waals surface area contributed by atoms with Gasteiger partial charge in [0, 0.05) is 26.2 Å². The van der Waals surface area contributed by atoms with Crippen LogP contribution in [0.2, 0.25) is 10.0 Å². The third-order valence-corrected chi connectivity index (χ3v) is 6.22. The molecule has 0 saturated carbocycles. The Morgan fingerprint density at radius 1 is 1.38 bits per heavy atom. The number of amides is 2. The van der Waals surface area contributed by atoms with Crippen molar-refractivity contribution in [1.29, 1.82) is 0 Å². The van der Waals surface area contributed by atoms with Crippen LogP contribution in [0.3, 0.4) is 0 Å². The van der Waals surface area contributed by atoms with E-state index in [1.54, 1.807) is 22.6 Å². The second-order valence-electron chi connectivity index (χ2n) is 5.24. The molecular formula is C14H14Cl2FIN2O4. The maximum absolute atomic E-state index is 14.4. The van der Waals surface area contributed by atoms with E-state index in [1.807, 2.05) is 0 Å². The van der Waals surface area contributed by atoms with Crippen LogP contribution < -0.4 is 0 Å². The summed E-state index contributed by atoms with van der Waals surface area (Å²) in [6.07, 6.45) is -0.917. The lowest BCUT2D eigenvalue weighted by atomic mass is 10.1. The van der Waals surface area contributed by atoms with Crippen molar-refractivity contribution in [2.45, 2.75) is 12.5 Å². The van der Waals surface area contributed by atoms with Crippen molar-refractivity contribution in [3.63, 3.8) is 0 Å².